The second-order valence-electron chi connectivity index (χ2n) is 7.81. The minimum Gasteiger partial charge on any atom is -0.348 e. The van der Waals surface area contributed by atoms with E-state index in [0.29, 0.717) is 0 Å². The Balaban J connectivity index is 1.54. The molecule has 5 nitrogen and oxygen atoms in total. The molecule has 27 heavy (non-hydrogen) atoms. The summed E-state index contributed by atoms with van der Waals surface area (Å²) >= 11 is 1.90. The van der Waals surface area contributed by atoms with E-state index in [9.17, 15) is 9.59 Å². The van der Waals surface area contributed by atoms with E-state index in [-0.39, 0.29) is 28.8 Å². The van der Waals surface area contributed by atoms with Gasteiger partial charge >= 0.3 is 0 Å². The number of nitrogens with one attached hydrogen (secondary N) is 1. The van der Waals surface area contributed by atoms with Crippen LogP contribution in [0.1, 0.15) is 56.0 Å². The van der Waals surface area contributed by atoms with Crippen molar-refractivity contribution in [2.24, 2.45) is 0 Å². The van der Waals surface area contributed by atoms with Crippen LogP contribution in [0.4, 0.5) is 0 Å². The first kappa shape index (κ1) is 20.2. The van der Waals surface area contributed by atoms with Crippen LogP contribution in [0.3, 0.4) is 0 Å². The minimum absolute atomic E-state index is 0.00663. The molecule has 0 unspecified atom stereocenters. The first-order valence-corrected chi connectivity index (χ1v) is 11.1. The van der Waals surface area contributed by atoms with Crippen molar-refractivity contribution >= 4 is 23.6 Å². The maximum Gasteiger partial charge on any atom is 0.279 e. The lowest BCUT2D eigenvalue weighted by Gasteiger charge is -2.36. The molecule has 3 rings (SSSR count). The van der Waals surface area contributed by atoms with Crippen LogP contribution in [0.25, 0.3) is 0 Å². The molecule has 6 heteroatoms. The summed E-state index contributed by atoms with van der Waals surface area (Å²) < 4.78 is 0. The first-order chi connectivity index (χ1) is 13.0. The quantitative estimate of drug-likeness (QED) is 0.805. The Labute approximate surface area is 166 Å². The summed E-state index contributed by atoms with van der Waals surface area (Å²) in [6.07, 6.45) is 3.81. The number of benzene rings is 1. The van der Waals surface area contributed by atoms with Gasteiger partial charge < -0.3 is 15.5 Å². The van der Waals surface area contributed by atoms with Gasteiger partial charge in [-0.25, -0.2) is 0 Å². The second kappa shape index (κ2) is 8.65. The predicted octanol–water partition coefficient (Wildman–Crippen LogP) is 1.77. The van der Waals surface area contributed by atoms with Crippen molar-refractivity contribution in [1.82, 2.24) is 10.2 Å². The molecule has 1 aromatic rings. The zero-order chi connectivity index (χ0) is 19.4. The maximum absolute atomic E-state index is 12.8. The van der Waals surface area contributed by atoms with Crippen LogP contribution in [0.15, 0.2) is 24.3 Å². The lowest BCUT2D eigenvalue weighted by molar-refractivity contribution is -0.714. The van der Waals surface area contributed by atoms with Crippen LogP contribution in [0.2, 0.25) is 0 Å². The van der Waals surface area contributed by atoms with E-state index in [4.69, 9.17) is 0 Å². The molecule has 0 bridgehead atoms. The van der Waals surface area contributed by atoms with E-state index in [0.717, 1.165) is 50.1 Å². The molecule has 0 aromatic heterocycles. The van der Waals surface area contributed by atoms with E-state index >= 15 is 0 Å². The normalized spacial score (nSPS) is 22.6. The van der Waals surface area contributed by atoms with Crippen molar-refractivity contribution in [2.45, 2.75) is 63.4 Å². The monoisotopic (exact) mass is 390 g/mol. The molecule has 1 aromatic carbocycles. The molecular formula is C21H32N3O2S+. The number of thioether (sulfide) groups is 1. The summed E-state index contributed by atoms with van der Waals surface area (Å²) in [5.74, 6) is 1.14. The number of carbonyl (C=O) groups is 2. The van der Waals surface area contributed by atoms with Crippen LogP contribution in [0.5, 0.6) is 0 Å². The van der Waals surface area contributed by atoms with Gasteiger partial charge in [0.1, 0.15) is 4.87 Å². The molecule has 148 valence electrons. The molecule has 2 heterocycles. The summed E-state index contributed by atoms with van der Waals surface area (Å²) in [6.45, 7) is 7.78. The Morgan fingerprint density at radius 1 is 1.26 bits per heavy atom. The van der Waals surface area contributed by atoms with Gasteiger partial charge in [-0.1, -0.05) is 37.7 Å². The molecule has 0 radical (unpaired) electrons. The number of carbonyl (C=O) groups excluding carboxylic acids is 2. The van der Waals surface area contributed by atoms with Crippen molar-refractivity contribution < 1.29 is 14.9 Å². The third-order valence-electron chi connectivity index (χ3n) is 5.90. The number of nitrogens with zero attached hydrogens (tertiary/aromatic N) is 1. The number of likely N-dealkylation sites (tertiary alicyclic amines) is 1. The third-order valence-corrected chi connectivity index (χ3v) is 7.54. The summed E-state index contributed by atoms with van der Waals surface area (Å²) in [5.41, 5.74) is 2.03. The summed E-state index contributed by atoms with van der Waals surface area (Å²) in [4.78, 5) is 27.2. The Morgan fingerprint density at radius 3 is 2.52 bits per heavy atom. The van der Waals surface area contributed by atoms with Crippen LogP contribution in [-0.4, -0.2) is 52.5 Å². The van der Waals surface area contributed by atoms with Crippen molar-refractivity contribution in [3.8, 4) is 0 Å². The van der Waals surface area contributed by atoms with Gasteiger partial charge in [0.25, 0.3) is 11.8 Å². The van der Waals surface area contributed by atoms with Crippen molar-refractivity contribution in [3.63, 3.8) is 0 Å². The van der Waals surface area contributed by atoms with Crippen molar-refractivity contribution in [2.75, 3.05) is 18.8 Å². The summed E-state index contributed by atoms with van der Waals surface area (Å²) in [5, 5.41) is 5.36. The fourth-order valence-corrected chi connectivity index (χ4v) is 5.28. The second-order valence-corrected chi connectivity index (χ2v) is 9.24. The molecule has 0 saturated carbocycles. The number of amides is 2. The van der Waals surface area contributed by atoms with E-state index < -0.39 is 0 Å². The number of nitrogens with two attached hydrogens (primary N) is 1. The number of aryl methyl sites for hydroxylation is 1. The van der Waals surface area contributed by atoms with E-state index in [1.807, 2.05) is 47.9 Å². The lowest BCUT2D eigenvalue weighted by Crippen LogP contribution is -3.00. The molecule has 3 N–H and O–H groups in total. The predicted molar refractivity (Wildman–Crippen MR) is 110 cm³/mol. The van der Waals surface area contributed by atoms with Crippen molar-refractivity contribution in [1.29, 1.82) is 0 Å². The summed E-state index contributed by atoms with van der Waals surface area (Å²) in [7, 11) is 0. The Bertz CT molecular complexity index is 669. The molecule has 2 atom stereocenters. The smallest absolute Gasteiger partial charge is 0.279 e. The Kier molecular flexibility index (Phi) is 6.48. The van der Waals surface area contributed by atoms with Gasteiger partial charge in [0.15, 0.2) is 6.04 Å². The lowest BCUT2D eigenvalue weighted by atomic mass is 10.0. The van der Waals surface area contributed by atoms with E-state index in [1.165, 1.54) is 5.56 Å². The van der Waals surface area contributed by atoms with Gasteiger partial charge in [-0.3, -0.25) is 9.59 Å². The number of quaternary nitrogens is 1. The third kappa shape index (κ3) is 4.66. The molecule has 2 aliphatic rings. The van der Waals surface area contributed by atoms with Gasteiger partial charge in [-0.05, 0) is 37.5 Å². The highest BCUT2D eigenvalue weighted by molar-refractivity contribution is 8.00. The molecule has 2 saturated heterocycles. The molecular weight excluding hydrogens is 358 g/mol. The number of hydrogen-bond acceptors (Lipinski definition) is 3. The fraction of sp³-hybridized carbons (Fsp3) is 0.619. The number of piperidine rings is 1. The van der Waals surface area contributed by atoms with Gasteiger partial charge in [-0.2, -0.15) is 0 Å². The van der Waals surface area contributed by atoms with Crippen LogP contribution < -0.4 is 10.6 Å². The average Bonchev–Trinajstić information content (AvgIpc) is 3.11. The Hall–Kier alpha value is -1.53. The highest BCUT2D eigenvalue weighted by Crippen LogP contribution is 2.34. The number of hydrogen-bond donors (Lipinski definition) is 2. The minimum atomic E-state index is -0.00663. The molecule has 2 aliphatic heterocycles. The van der Waals surface area contributed by atoms with E-state index in [2.05, 4.69) is 24.5 Å². The highest BCUT2D eigenvalue weighted by atomic mass is 32.2. The topological polar surface area (TPSA) is 66.0 Å². The van der Waals surface area contributed by atoms with Crippen LogP contribution in [-0.2, 0) is 11.2 Å². The van der Waals surface area contributed by atoms with Crippen molar-refractivity contribution in [3.05, 3.63) is 35.4 Å². The van der Waals surface area contributed by atoms with Crippen LogP contribution >= 0.6 is 11.8 Å². The SMILES string of the molecule is CCc1ccc(C(=O)N2CCC3(CC2)[NH2+][C@@H](C(=O)N[C@@H](C)CC)CS3)cc1. The van der Waals surface area contributed by atoms with Gasteiger partial charge in [0.2, 0.25) is 0 Å². The fourth-order valence-electron chi connectivity index (χ4n) is 3.79. The molecule has 2 amide bonds. The van der Waals surface area contributed by atoms with Crippen LogP contribution in [0, 0.1) is 0 Å². The van der Waals surface area contributed by atoms with Gasteiger partial charge in [-0.15, -0.1) is 0 Å². The number of rotatable bonds is 5. The zero-order valence-electron chi connectivity index (χ0n) is 16.7. The largest absolute Gasteiger partial charge is 0.348 e. The average molecular weight is 391 g/mol. The molecule has 1 spiro atoms. The first-order valence-electron chi connectivity index (χ1n) is 10.1. The standard InChI is InChI=1S/C21H31N3O2S/c1-4-15(3)22-19(25)18-14-27-21(23-18)10-12-24(13-11-21)20(26)17-8-6-16(5-2)7-9-17/h6-9,15,18,23H,4-5,10-14H2,1-3H3,(H,22,25)/p+1/t15-,18+/m0/s1. The van der Waals surface area contributed by atoms with Gasteiger partial charge in [0.05, 0.1) is 5.75 Å². The van der Waals surface area contributed by atoms with E-state index in [1.54, 1.807) is 0 Å². The Morgan fingerprint density at radius 2 is 1.93 bits per heavy atom. The summed E-state index contributed by atoms with van der Waals surface area (Å²) in [6, 6.07) is 8.19. The zero-order valence-corrected chi connectivity index (χ0v) is 17.5. The molecule has 2 fully saturated rings. The van der Waals surface area contributed by atoms with Gasteiger partial charge in [0, 0.05) is 37.5 Å². The molecule has 0 aliphatic carbocycles. The maximum atomic E-state index is 12.8. The highest BCUT2D eigenvalue weighted by Gasteiger charge is 2.48.